The van der Waals surface area contributed by atoms with E-state index in [9.17, 15) is 40.8 Å². The molecular weight excluding hydrogens is 854 g/mol. The zero-order valence-electron chi connectivity index (χ0n) is 36.5. The van der Waals surface area contributed by atoms with Gasteiger partial charge in [0.1, 0.15) is 23.7 Å². The first-order chi connectivity index (χ1) is 28.9. The summed E-state index contributed by atoms with van der Waals surface area (Å²) in [4.78, 5) is 61.0. The summed E-state index contributed by atoms with van der Waals surface area (Å²) in [6.45, 7) is 6.43. The summed E-state index contributed by atoms with van der Waals surface area (Å²) < 4.78 is 88.4. The molecule has 344 valence electrons. The van der Waals surface area contributed by atoms with E-state index in [-0.39, 0.29) is 30.7 Å². The van der Waals surface area contributed by atoms with Crippen LogP contribution in [-0.4, -0.2) is 103 Å². The van der Waals surface area contributed by atoms with E-state index in [0.29, 0.717) is 69.3 Å². The minimum Gasteiger partial charge on any atom is -0.497 e. The monoisotopic (exact) mass is 912 g/mol. The Hall–Kier alpha value is -4.46. The standard InChI is InChI=1S/C42H59F3N6O9S2/c1-25(12-9-10-13-27-14-11-15-31(27)36(53)49-62(56,57)41(5)18-19-41)20-26(2)61(48-38(54)60-40(3,4)42(43,44)45)39(55)51-24-30(23-33(51)35(46)52)59-37-32-17-16-29(58-8)21-28(32)22-34(47-37)50(6)7/h10,13,16-17,21-22,25-27,30-31,33H,9,11-12,14-15,18-20,23-24H2,1-8H3,(H2,46,52)(H,49,53)/b13-10-/t25-,26+,27+,30+,31?,33-,61?/m0/s1. The molecule has 2 aliphatic carbocycles. The molecule has 5 rings (SSSR count). The lowest BCUT2D eigenvalue weighted by molar-refractivity contribution is -0.243. The fraction of sp³-hybridized carbons (Fsp3) is 0.643. The first kappa shape index (κ1) is 48.6. The number of primary amides is 1. The first-order valence-corrected chi connectivity index (χ1v) is 23.5. The number of hydrogen-bond donors (Lipinski definition) is 2. The molecule has 15 nitrogen and oxygen atoms in total. The van der Waals surface area contributed by atoms with Gasteiger partial charge >= 0.3 is 12.3 Å². The van der Waals surface area contributed by atoms with Crippen molar-refractivity contribution in [2.45, 2.75) is 126 Å². The fourth-order valence-electron chi connectivity index (χ4n) is 7.69. The maximum Gasteiger partial charge on any atom is 0.441 e. The van der Waals surface area contributed by atoms with Gasteiger partial charge in [-0.1, -0.05) is 32.4 Å². The Bertz CT molecular complexity index is 2200. The number of amides is 4. The second-order valence-corrected chi connectivity index (χ2v) is 21.8. The van der Waals surface area contributed by atoms with Crippen molar-refractivity contribution in [3.8, 4) is 11.6 Å². The molecule has 0 bridgehead atoms. The van der Waals surface area contributed by atoms with Crippen LogP contribution in [0.25, 0.3) is 10.8 Å². The molecule has 4 amide bonds. The number of aromatic nitrogens is 1. The summed E-state index contributed by atoms with van der Waals surface area (Å²) in [6.07, 6.45) is 1.24. The number of hydrogen-bond acceptors (Lipinski definition) is 11. The van der Waals surface area contributed by atoms with E-state index in [1.807, 2.05) is 45.3 Å². The molecule has 2 unspecified atom stereocenters. The molecule has 0 radical (unpaired) electrons. The molecule has 1 aromatic carbocycles. The number of methoxy groups -OCH3 is 1. The Labute approximate surface area is 363 Å². The van der Waals surface area contributed by atoms with Gasteiger partial charge in [0.05, 0.1) is 18.4 Å². The van der Waals surface area contributed by atoms with Crippen LogP contribution in [0.1, 0.15) is 92.4 Å². The van der Waals surface area contributed by atoms with Crippen molar-refractivity contribution in [3.63, 3.8) is 0 Å². The second-order valence-electron chi connectivity index (χ2n) is 17.6. The predicted molar refractivity (Wildman–Crippen MR) is 230 cm³/mol. The number of carbonyl (C=O) groups excluding carboxylic acids is 4. The topological polar surface area (TPSA) is 200 Å². The Morgan fingerprint density at radius 2 is 1.84 bits per heavy atom. The van der Waals surface area contributed by atoms with Crippen molar-refractivity contribution >= 4 is 60.5 Å². The molecular formula is C42H59F3N6O9S2. The van der Waals surface area contributed by atoms with E-state index in [4.69, 9.17) is 19.9 Å². The zero-order valence-corrected chi connectivity index (χ0v) is 38.1. The number of anilines is 1. The van der Waals surface area contributed by atoms with Gasteiger partial charge in [-0.2, -0.15) is 18.2 Å². The molecule has 3 fully saturated rings. The van der Waals surface area contributed by atoms with Gasteiger partial charge in [0, 0.05) is 47.8 Å². The molecule has 3 N–H and O–H groups in total. The predicted octanol–water partition coefficient (Wildman–Crippen LogP) is 7.18. The minimum atomic E-state index is -4.92. The van der Waals surface area contributed by atoms with Crippen LogP contribution in [-0.2, 0) is 35.0 Å². The van der Waals surface area contributed by atoms with Gasteiger partial charge in [-0.05, 0) is 107 Å². The molecule has 2 saturated carbocycles. The van der Waals surface area contributed by atoms with Crippen molar-refractivity contribution < 1.29 is 55.0 Å². The summed E-state index contributed by atoms with van der Waals surface area (Å²) in [5.74, 6) is -0.572. The first-order valence-electron chi connectivity index (χ1n) is 20.8. The fourth-order valence-corrected chi connectivity index (χ4v) is 10.7. The van der Waals surface area contributed by atoms with Gasteiger partial charge in [-0.3, -0.25) is 19.1 Å². The second kappa shape index (κ2) is 19.1. The van der Waals surface area contributed by atoms with E-state index in [1.54, 1.807) is 38.0 Å². The molecule has 3 aliphatic rings. The van der Waals surface area contributed by atoms with Crippen molar-refractivity contribution in [3.05, 3.63) is 36.4 Å². The normalized spacial score (nSPS) is 22.9. The van der Waals surface area contributed by atoms with Gasteiger partial charge < -0.3 is 29.7 Å². The van der Waals surface area contributed by atoms with Crippen LogP contribution in [0, 0.1) is 17.8 Å². The number of nitrogens with two attached hydrogens (primary N) is 1. The number of fused-ring (bicyclic) bond motifs is 1. The number of nitrogens with zero attached hydrogens (tertiary/aromatic N) is 4. The summed E-state index contributed by atoms with van der Waals surface area (Å²) in [6, 6.07) is 6.00. The van der Waals surface area contributed by atoms with Crippen LogP contribution < -0.4 is 24.8 Å². The number of sulfonamides is 1. The van der Waals surface area contributed by atoms with Gasteiger partial charge in [0.2, 0.25) is 33.3 Å². The maximum absolute atomic E-state index is 14.5. The van der Waals surface area contributed by atoms with E-state index < -0.39 is 83.7 Å². The summed E-state index contributed by atoms with van der Waals surface area (Å²) >= 11 is 0. The Kier molecular flexibility index (Phi) is 15.0. The lowest BCUT2D eigenvalue weighted by Gasteiger charge is -2.28. The molecule has 7 atom stereocenters. The van der Waals surface area contributed by atoms with Crippen LogP contribution in [0.5, 0.6) is 11.6 Å². The molecule has 1 aliphatic heterocycles. The summed E-state index contributed by atoms with van der Waals surface area (Å²) in [7, 11) is -0.506. The number of likely N-dealkylation sites (tertiary alicyclic amines) is 1. The van der Waals surface area contributed by atoms with E-state index >= 15 is 0 Å². The van der Waals surface area contributed by atoms with Crippen molar-refractivity contribution in [1.82, 2.24) is 14.6 Å². The SMILES string of the molecule is COc1ccc2c(O[C@@H]3C[C@@H](C(N)=O)N(C(=O)S(=NC(=O)OC(C)(C)C(F)(F)F)[C@H](C)C[C@@H](C)CC/C=C\[C@@H]4CCCC4C(=O)NS(=O)(=O)C4(C)CC4)C3)nc(N(C)C)cc2c1. The van der Waals surface area contributed by atoms with E-state index in [2.05, 4.69) is 14.1 Å². The molecule has 2 aromatic rings. The van der Waals surface area contributed by atoms with Gasteiger partial charge in [-0.25, -0.2) is 13.2 Å². The molecule has 1 saturated heterocycles. The zero-order chi connectivity index (χ0) is 45.9. The summed E-state index contributed by atoms with van der Waals surface area (Å²) in [5.41, 5.74) is 2.92. The number of benzene rings is 1. The number of ether oxygens (including phenoxy) is 3. The highest BCUT2D eigenvalue weighted by Gasteiger charge is 2.52. The van der Waals surface area contributed by atoms with Gasteiger partial charge in [0.25, 0.3) is 5.24 Å². The third-order valence-corrected chi connectivity index (χ3v) is 16.1. The average molecular weight is 913 g/mol. The van der Waals surface area contributed by atoms with Crippen molar-refractivity contribution in [1.29, 1.82) is 0 Å². The third kappa shape index (κ3) is 11.4. The van der Waals surface area contributed by atoms with E-state index in [0.717, 1.165) is 18.2 Å². The number of allylic oxidation sites excluding steroid dienone is 2. The molecule has 0 spiro atoms. The Balaban J connectivity index is 1.31. The number of carbonyl (C=O) groups is 4. The number of nitrogens with one attached hydrogen (secondary N) is 1. The Morgan fingerprint density at radius 1 is 1.15 bits per heavy atom. The molecule has 1 aromatic heterocycles. The van der Waals surface area contributed by atoms with Crippen LogP contribution in [0.2, 0.25) is 0 Å². The smallest absolute Gasteiger partial charge is 0.441 e. The Morgan fingerprint density at radius 3 is 2.45 bits per heavy atom. The lowest BCUT2D eigenvalue weighted by Crippen LogP contribution is -2.46. The lowest BCUT2D eigenvalue weighted by atomic mass is 9.94. The van der Waals surface area contributed by atoms with Crippen LogP contribution in [0.3, 0.4) is 0 Å². The van der Waals surface area contributed by atoms with Crippen molar-refractivity contribution in [2.75, 3.05) is 32.6 Å². The maximum atomic E-state index is 14.5. The van der Waals surface area contributed by atoms with E-state index in [1.165, 1.54) is 4.90 Å². The number of rotatable bonds is 16. The van der Waals surface area contributed by atoms with Gasteiger partial charge in [-0.15, -0.1) is 4.36 Å². The highest BCUT2D eigenvalue weighted by molar-refractivity contribution is 8.02. The highest BCUT2D eigenvalue weighted by atomic mass is 32.2. The average Bonchev–Trinajstić information content (AvgIpc) is 3.56. The van der Waals surface area contributed by atoms with Crippen LogP contribution in [0.4, 0.5) is 28.6 Å². The number of halogens is 3. The molecule has 20 heteroatoms. The minimum absolute atomic E-state index is 0.0227. The molecule has 2 heterocycles. The third-order valence-electron chi connectivity index (χ3n) is 12.0. The highest BCUT2D eigenvalue weighted by Crippen LogP contribution is 2.43. The largest absolute Gasteiger partial charge is 0.497 e. The van der Waals surface area contributed by atoms with Gasteiger partial charge in [0.15, 0.2) is 0 Å². The van der Waals surface area contributed by atoms with Crippen LogP contribution in [0.15, 0.2) is 40.8 Å². The van der Waals surface area contributed by atoms with Crippen LogP contribution >= 0.6 is 0 Å². The summed E-state index contributed by atoms with van der Waals surface area (Å²) in [5, 5.41) is -0.0570. The quantitative estimate of drug-likeness (QED) is 0.162. The number of pyridine rings is 1. The number of alkyl halides is 3. The molecule has 62 heavy (non-hydrogen) atoms. The van der Waals surface area contributed by atoms with Crippen molar-refractivity contribution in [2.24, 2.45) is 27.9 Å².